The molecule has 6 nitrogen and oxygen atoms in total. The molecule has 1 aromatic rings. The van der Waals surface area contributed by atoms with Crippen molar-refractivity contribution in [3.8, 4) is 0 Å². The lowest BCUT2D eigenvalue weighted by molar-refractivity contribution is -0.0326. The van der Waals surface area contributed by atoms with Crippen LogP contribution in [-0.2, 0) is 16.0 Å². The van der Waals surface area contributed by atoms with Gasteiger partial charge in [-0.3, -0.25) is 4.90 Å². The molecule has 1 saturated heterocycles. The number of likely N-dealkylation sites (N-methyl/N-ethyl adjacent to an activating group) is 1. The van der Waals surface area contributed by atoms with E-state index in [-0.39, 0.29) is 6.10 Å². The molecule has 0 aromatic carbocycles. The van der Waals surface area contributed by atoms with E-state index in [0.717, 1.165) is 50.8 Å². The normalized spacial score (nSPS) is 20.2. The van der Waals surface area contributed by atoms with E-state index in [0.29, 0.717) is 6.61 Å². The molecule has 20 heavy (non-hydrogen) atoms. The molecule has 1 fully saturated rings. The molecule has 1 unspecified atom stereocenters. The number of methoxy groups -OCH3 is 1. The van der Waals surface area contributed by atoms with Crippen LogP contribution in [0.2, 0.25) is 0 Å². The Morgan fingerprint density at radius 3 is 3.25 bits per heavy atom. The maximum Gasteiger partial charge on any atom is 0.158 e. The maximum absolute atomic E-state index is 5.79. The molecule has 0 radical (unpaired) electrons. The van der Waals surface area contributed by atoms with E-state index in [2.05, 4.69) is 27.1 Å². The van der Waals surface area contributed by atoms with Crippen molar-refractivity contribution in [3.63, 3.8) is 0 Å². The van der Waals surface area contributed by atoms with Crippen LogP contribution in [0.1, 0.15) is 24.5 Å². The minimum atomic E-state index is -0.0115. The van der Waals surface area contributed by atoms with Crippen molar-refractivity contribution in [2.75, 3.05) is 46.5 Å². The zero-order valence-corrected chi connectivity index (χ0v) is 12.3. The lowest BCUT2D eigenvalue weighted by Gasteiger charge is -2.31. The Morgan fingerprint density at radius 1 is 1.55 bits per heavy atom. The first-order chi connectivity index (χ1) is 9.83. The van der Waals surface area contributed by atoms with E-state index < -0.39 is 0 Å². The summed E-state index contributed by atoms with van der Waals surface area (Å²) in [5.41, 5.74) is 0.989. The fraction of sp³-hybridized carbons (Fsp3) is 0.714. The van der Waals surface area contributed by atoms with Gasteiger partial charge in [-0.1, -0.05) is 6.92 Å². The quantitative estimate of drug-likeness (QED) is 0.738. The van der Waals surface area contributed by atoms with E-state index >= 15 is 0 Å². The van der Waals surface area contributed by atoms with Crippen molar-refractivity contribution in [2.24, 2.45) is 0 Å². The van der Waals surface area contributed by atoms with Gasteiger partial charge in [0, 0.05) is 39.5 Å². The summed E-state index contributed by atoms with van der Waals surface area (Å²) in [4.78, 5) is 11.3. The van der Waals surface area contributed by atoms with Gasteiger partial charge in [0.25, 0.3) is 0 Å². The highest BCUT2D eigenvalue weighted by Gasteiger charge is 2.23. The molecule has 2 heterocycles. The van der Waals surface area contributed by atoms with Crippen molar-refractivity contribution in [3.05, 3.63) is 23.8 Å². The van der Waals surface area contributed by atoms with Crippen molar-refractivity contribution in [2.45, 2.75) is 19.6 Å². The predicted octanol–water partition coefficient (Wildman–Crippen LogP) is 0.606. The molecule has 1 aliphatic heterocycles. The average molecular weight is 280 g/mol. The lowest BCUT2D eigenvalue weighted by Crippen LogP contribution is -2.38. The Balaban J connectivity index is 1.91. The van der Waals surface area contributed by atoms with E-state index in [9.17, 15) is 0 Å². The Morgan fingerprint density at radius 2 is 2.45 bits per heavy atom. The molecular formula is C14H24N4O2. The number of nitrogens with one attached hydrogen (secondary N) is 1. The Labute approximate surface area is 120 Å². The van der Waals surface area contributed by atoms with Gasteiger partial charge in [0.15, 0.2) is 5.82 Å². The molecule has 1 atom stereocenters. The summed E-state index contributed by atoms with van der Waals surface area (Å²) in [7, 11) is 1.70. The molecule has 0 amide bonds. The molecule has 1 N–H and O–H groups in total. The number of nitrogens with zero attached hydrogens (tertiary/aromatic N) is 3. The van der Waals surface area contributed by atoms with E-state index in [1.54, 1.807) is 7.11 Å². The Hall–Kier alpha value is -1.08. The van der Waals surface area contributed by atoms with Crippen molar-refractivity contribution < 1.29 is 9.47 Å². The average Bonchev–Trinajstić information content (AvgIpc) is 2.52. The fourth-order valence-electron chi connectivity index (χ4n) is 2.20. The first kappa shape index (κ1) is 15.3. The largest absolute Gasteiger partial charge is 0.383 e. The highest BCUT2D eigenvalue weighted by atomic mass is 16.5. The third-order valence-electron chi connectivity index (χ3n) is 3.41. The van der Waals surface area contributed by atoms with Gasteiger partial charge >= 0.3 is 0 Å². The van der Waals surface area contributed by atoms with Crippen LogP contribution in [0, 0.1) is 0 Å². The number of hydrogen-bond donors (Lipinski definition) is 1. The SMILES string of the molecule is CCN1CCOC(c2nccc(CNCCOC)n2)C1. The lowest BCUT2D eigenvalue weighted by atomic mass is 10.2. The molecule has 112 valence electrons. The van der Waals surface area contributed by atoms with Gasteiger partial charge in [-0.2, -0.15) is 0 Å². The molecule has 1 aromatic heterocycles. The Bertz CT molecular complexity index is 403. The van der Waals surface area contributed by atoms with Crippen LogP contribution in [0.3, 0.4) is 0 Å². The standard InChI is InChI=1S/C14H24N4O2/c1-3-18-7-9-20-13(11-18)14-16-5-4-12(17-14)10-15-6-8-19-2/h4-5,13,15H,3,6-11H2,1-2H3. The summed E-state index contributed by atoms with van der Waals surface area (Å²) < 4.78 is 10.8. The van der Waals surface area contributed by atoms with Gasteiger partial charge < -0.3 is 14.8 Å². The van der Waals surface area contributed by atoms with Gasteiger partial charge in [0.2, 0.25) is 0 Å². The summed E-state index contributed by atoms with van der Waals surface area (Å²) in [5, 5.41) is 3.29. The van der Waals surface area contributed by atoms with E-state index in [1.165, 1.54) is 0 Å². The van der Waals surface area contributed by atoms with E-state index in [1.807, 2.05) is 12.3 Å². The van der Waals surface area contributed by atoms with Gasteiger partial charge in [-0.05, 0) is 12.6 Å². The molecule has 0 saturated carbocycles. The fourth-order valence-corrected chi connectivity index (χ4v) is 2.20. The summed E-state index contributed by atoms with van der Waals surface area (Å²) in [5.74, 6) is 0.786. The minimum Gasteiger partial charge on any atom is -0.383 e. The zero-order valence-electron chi connectivity index (χ0n) is 12.3. The molecule has 0 aliphatic carbocycles. The maximum atomic E-state index is 5.79. The van der Waals surface area contributed by atoms with Crippen molar-refractivity contribution in [1.82, 2.24) is 20.2 Å². The third-order valence-corrected chi connectivity index (χ3v) is 3.41. The van der Waals surface area contributed by atoms with Crippen LogP contribution in [-0.4, -0.2) is 61.4 Å². The number of rotatable bonds is 7. The van der Waals surface area contributed by atoms with Crippen LogP contribution in [0.4, 0.5) is 0 Å². The summed E-state index contributed by atoms with van der Waals surface area (Å²) >= 11 is 0. The monoisotopic (exact) mass is 280 g/mol. The zero-order chi connectivity index (χ0) is 14.2. The summed E-state index contributed by atoms with van der Waals surface area (Å²) in [6.07, 6.45) is 1.80. The van der Waals surface area contributed by atoms with Crippen LogP contribution < -0.4 is 5.32 Å². The molecule has 0 bridgehead atoms. The molecule has 0 spiro atoms. The highest BCUT2D eigenvalue weighted by molar-refractivity contribution is 5.05. The second-order valence-corrected chi connectivity index (χ2v) is 4.83. The van der Waals surface area contributed by atoms with E-state index in [4.69, 9.17) is 9.47 Å². The Kier molecular flexibility index (Phi) is 6.32. The molecule has 6 heteroatoms. The molecule has 2 rings (SSSR count). The minimum absolute atomic E-state index is 0.0115. The second-order valence-electron chi connectivity index (χ2n) is 4.83. The van der Waals surface area contributed by atoms with Crippen LogP contribution >= 0.6 is 0 Å². The first-order valence-electron chi connectivity index (χ1n) is 7.19. The highest BCUT2D eigenvalue weighted by Crippen LogP contribution is 2.18. The number of hydrogen-bond acceptors (Lipinski definition) is 6. The second kappa shape index (κ2) is 8.26. The number of ether oxygens (including phenoxy) is 2. The number of morpholine rings is 1. The van der Waals surface area contributed by atoms with Crippen LogP contribution in [0.15, 0.2) is 12.3 Å². The van der Waals surface area contributed by atoms with Gasteiger partial charge in [0.05, 0.1) is 18.9 Å². The first-order valence-corrected chi connectivity index (χ1v) is 7.19. The van der Waals surface area contributed by atoms with Gasteiger partial charge in [-0.25, -0.2) is 9.97 Å². The van der Waals surface area contributed by atoms with Crippen molar-refractivity contribution >= 4 is 0 Å². The third kappa shape index (κ3) is 4.49. The number of aromatic nitrogens is 2. The van der Waals surface area contributed by atoms with Crippen molar-refractivity contribution in [1.29, 1.82) is 0 Å². The van der Waals surface area contributed by atoms with Gasteiger partial charge in [-0.15, -0.1) is 0 Å². The summed E-state index contributed by atoms with van der Waals surface area (Å²) in [6, 6.07) is 1.93. The predicted molar refractivity (Wildman–Crippen MR) is 76.4 cm³/mol. The topological polar surface area (TPSA) is 59.5 Å². The molecular weight excluding hydrogens is 256 g/mol. The summed E-state index contributed by atoms with van der Waals surface area (Å²) in [6.45, 7) is 8.07. The van der Waals surface area contributed by atoms with Crippen LogP contribution in [0.5, 0.6) is 0 Å². The molecule has 1 aliphatic rings. The van der Waals surface area contributed by atoms with Crippen LogP contribution in [0.25, 0.3) is 0 Å². The van der Waals surface area contributed by atoms with Gasteiger partial charge in [0.1, 0.15) is 6.10 Å². The smallest absolute Gasteiger partial charge is 0.158 e.